The van der Waals surface area contributed by atoms with E-state index >= 15 is 0 Å². The molecule has 0 bridgehead atoms. The Hall–Kier alpha value is -2.20. The third-order valence-electron chi connectivity index (χ3n) is 3.56. The van der Waals surface area contributed by atoms with Crippen molar-refractivity contribution in [1.82, 2.24) is 10.3 Å². The highest BCUT2D eigenvalue weighted by molar-refractivity contribution is 5.88. The van der Waals surface area contributed by atoms with Gasteiger partial charge >= 0.3 is 0 Å². The van der Waals surface area contributed by atoms with Gasteiger partial charge < -0.3 is 14.8 Å². The van der Waals surface area contributed by atoms with Gasteiger partial charge in [0, 0.05) is 24.5 Å². The Morgan fingerprint density at radius 3 is 3.05 bits per heavy atom. The lowest BCUT2D eigenvalue weighted by Gasteiger charge is -2.13. The minimum absolute atomic E-state index is 0.0179. The summed E-state index contributed by atoms with van der Waals surface area (Å²) in [6, 6.07) is 7.90. The van der Waals surface area contributed by atoms with Gasteiger partial charge in [0.25, 0.3) is 0 Å². The monoisotopic (exact) mass is 268 g/mol. The molecule has 3 rings (SSSR count). The summed E-state index contributed by atoms with van der Waals surface area (Å²) in [7, 11) is 0. The van der Waals surface area contributed by atoms with Crippen molar-refractivity contribution in [3.05, 3.63) is 42.6 Å². The molecule has 2 aromatic rings. The fourth-order valence-electron chi connectivity index (χ4n) is 2.46. The summed E-state index contributed by atoms with van der Waals surface area (Å²) < 4.78 is 5.95. The molecule has 0 amide bonds. The van der Waals surface area contributed by atoms with Gasteiger partial charge in [-0.25, -0.2) is 4.98 Å². The van der Waals surface area contributed by atoms with Gasteiger partial charge in [0.05, 0.1) is 6.04 Å². The summed E-state index contributed by atoms with van der Waals surface area (Å²) in [4.78, 5) is 15.1. The van der Waals surface area contributed by atoms with Crippen LogP contribution in [0.3, 0.4) is 0 Å². The molecular weight excluding hydrogens is 252 g/mol. The van der Waals surface area contributed by atoms with Gasteiger partial charge in [-0.15, -0.1) is 0 Å². The van der Waals surface area contributed by atoms with Crippen molar-refractivity contribution < 1.29 is 9.53 Å². The van der Waals surface area contributed by atoms with E-state index in [9.17, 15) is 4.79 Å². The van der Waals surface area contributed by atoms with Gasteiger partial charge in [0.15, 0.2) is 0 Å². The average Bonchev–Trinajstić information content (AvgIpc) is 2.95. The van der Waals surface area contributed by atoms with Gasteiger partial charge in [0.2, 0.25) is 5.88 Å². The van der Waals surface area contributed by atoms with Crippen LogP contribution in [0.25, 0.3) is 16.8 Å². The van der Waals surface area contributed by atoms with Crippen LogP contribution >= 0.6 is 0 Å². The third-order valence-corrected chi connectivity index (χ3v) is 3.56. The van der Waals surface area contributed by atoms with Gasteiger partial charge in [-0.05, 0) is 23.1 Å². The average molecular weight is 268 g/mol. The van der Waals surface area contributed by atoms with Gasteiger partial charge in [-0.3, -0.25) is 0 Å². The van der Waals surface area contributed by atoms with Crippen molar-refractivity contribution in [3.8, 4) is 5.88 Å². The zero-order valence-electron chi connectivity index (χ0n) is 11.1. The van der Waals surface area contributed by atoms with Crippen LogP contribution in [0.4, 0.5) is 0 Å². The Labute approximate surface area is 117 Å². The van der Waals surface area contributed by atoms with Crippen molar-refractivity contribution in [3.63, 3.8) is 0 Å². The lowest BCUT2D eigenvalue weighted by molar-refractivity contribution is -0.109. The highest BCUT2D eigenvalue weighted by Crippen LogP contribution is 2.26. The topological polar surface area (TPSA) is 51.2 Å². The van der Waals surface area contributed by atoms with E-state index in [-0.39, 0.29) is 12.1 Å². The van der Waals surface area contributed by atoms with Crippen LogP contribution in [0.5, 0.6) is 5.88 Å². The van der Waals surface area contributed by atoms with Crippen LogP contribution < -0.4 is 10.1 Å². The highest BCUT2D eigenvalue weighted by atomic mass is 16.5. The molecule has 1 aliphatic heterocycles. The largest absolute Gasteiger partial charge is 0.472 e. The van der Waals surface area contributed by atoms with E-state index < -0.39 is 0 Å². The number of fused-ring (bicyclic) bond motifs is 1. The van der Waals surface area contributed by atoms with Crippen LogP contribution in [-0.2, 0) is 4.79 Å². The number of hydrogen-bond acceptors (Lipinski definition) is 4. The van der Waals surface area contributed by atoms with Crippen LogP contribution in [-0.4, -0.2) is 30.0 Å². The quantitative estimate of drug-likeness (QED) is 0.864. The molecule has 20 heavy (non-hydrogen) atoms. The van der Waals surface area contributed by atoms with E-state index in [1.165, 1.54) is 0 Å². The molecule has 1 N–H and O–H groups in total. The van der Waals surface area contributed by atoms with Crippen LogP contribution in [0.1, 0.15) is 12.0 Å². The molecule has 1 fully saturated rings. The second-order valence-corrected chi connectivity index (χ2v) is 4.93. The number of nitrogens with zero attached hydrogens (tertiary/aromatic N) is 1. The van der Waals surface area contributed by atoms with Crippen molar-refractivity contribution in [2.45, 2.75) is 18.6 Å². The van der Waals surface area contributed by atoms with Crippen molar-refractivity contribution >= 4 is 23.1 Å². The lowest BCUT2D eigenvalue weighted by Crippen LogP contribution is -2.23. The normalized spacial score (nSPS) is 21.8. The molecule has 4 nitrogen and oxygen atoms in total. The maximum Gasteiger partial charge on any atom is 0.221 e. The van der Waals surface area contributed by atoms with E-state index in [2.05, 4.69) is 16.9 Å². The Kier molecular flexibility index (Phi) is 3.48. The van der Waals surface area contributed by atoms with E-state index in [4.69, 9.17) is 4.74 Å². The lowest BCUT2D eigenvalue weighted by atomic mass is 10.1. The first kappa shape index (κ1) is 12.8. The van der Waals surface area contributed by atoms with Crippen LogP contribution in [0, 0.1) is 0 Å². The van der Waals surface area contributed by atoms with E-state index in [1.807, 2.05) is 24.3 Å². The number of rotatable bonds is 4. The molecule has 0 radical (unpaired) electrons. The van der Waals surface area contributed by atoms with Crippen molar-refractivity contribution in [1.29, 1.82) is 0 Å². The molecule has 102 valence electrons. The summed E-state index contributed by atoms with van der Waals surface area (Å²) in [6.07, 6.45) is 5.13. The third kappa shape index (κ3) is 2.42. The number of nitrogens with one attached hydrogen (secondary N) is 1. The molecule has 1 aromatic carbocycles. The highest BCUT2D eigenvalue weighted by Gasteiger charge is 2.25. The SMILES string of the molecule is C=Cc1ccc2ccnc(OC3CN[C@H](C=O)C3)c2c1. The summed E-state index contributed by atoms with van der Waals surface area (Å²) in [6.45, 7) is 4.45. The number of carbonyl (C=O) groups is 1. The Morgan fingerprint density at radius 2 is 2.30 bits per heavy atom. The van der Waals surface area contributed by atoms with Crippen molar-refractivity contribution in [2.24, 2.45) is 0 Å². The first-order chi connectivity index (χ1) is 9.80. The molecule has 4 heteroatoms. The van der Waals surface area contributed by atoms with Gasteiger partial charge in [-0.2, -0.15) is 0 Å². The van der Waals surface area contributed by atoms with E-state index in [1.54, 1.807) is 12.3 Å². The first-order valence-electron chi connectivity index (χ1n) is 6.66. The van der Waals surface area contributed by atoms with E-state index in [0.29, 0.717) is 18.8 Å². The summed E-state index contributed by atoms with van der Waals surface area (Å²) in [5, 5.41) is 5.16. The number of aromatic nitrogens is 1. The second kappa shape index (κ2) is 5.43. The smallest absolute Gasteiger partial charge is 0.221 e. The number of benzene rings is 1. The van der Waals surface area contributed by atoms with Crippen molar-refractivity contribution in [2.75, 3.05) is 6.54 Å². The number of hydrogen-bond donors (Lipinski definition) is 1. The Balaban J connectivity index is 1.91. The number of aldehydes is 1. The first-order valence-corrected chi connectivity index (χ1v) is 6.66. The van der Waals surface area contributed by atoms with Crippen LogP contribution in [0.15, 0.2) is 37.0 Å². The molecule has 0 spiro atoms. The molecule has 2 atom stereocenters. The van der Waals surface area contributed by atoms with E-state index in [0.717, 1.165) is 22.6 Å². The molecule has 1 unspecified atom stereocenters. The zero-order valence-corrected chi connectivity index (χ0v) is 11.1. The molecule has 0 saturated carbocycles. The summed E-state index contributed by atoms with van der Waals surface area (Å²) in [5.74, 6) is 0.615. The molecule has 0 aliphatic carbocycles. The predicted molar refractivity (Wildman–Crippen MR) is 78.7 cm³/mol. The molecule has 2 heterocycles. The molecule has 1 aromatic heterocycles. The summed E-state index contributed by atoms with van der Waals surface area (Å²) >= 11 is 0. The standard InChI is InChI=1S/C16H16N2O2/c1-2-11-3-4-12-5-6-17-16(15(12)7-11)20-14-8-13(10-19)18-9-14/h2-7,10,13-14,18H,1,8-9H2/t13-,14?/m0/s1. The Bertz CT molecular complexity index is 654. The zero-order chi connectivity index (χ0) is 13.9. The molecular formula is C16H16N2O2. The number of ether oxygens (including phenoxy) is 1. The van der Waals surface area contributed by atoms with Gasteiger partial charge in [-0.1, -0.05) is 24.8 Å². The fourth-order valence-corrected chi connectivity index (χ4v) is 2.46. The number of carbonyl (C=O) groups excluding carboxylic acids is 1. The predicted octanol–water partition coefficient (Wildman–Crippen LogP) is 2.19. The fraction of sp³-hybridized carbons (Fsp3) is 0.250. The molecule has 1 aliphatic rings. The minimum Gasteiger partial charge on any atom is -0.472 e. The second-order valence-electron chi connectivity index (χ2n) is 4.93. The Morgan fingerprint density at radius 1 is 1.40 bits per heavy atom. The maximum absolute atomic E-state index is 10.8. The molecule has 1 saturated heterocycles. The maximum atomic E-state index is 10.8. The summed E-state index contributed by atoms with van der Waals surface area (Å²) in [5.41, 5.74) is 1.03. The number of pyridine rings is 1. The van der Waals surface area contributed by atoms with Gasteiger partial charge in [0.1, 0.15) is 12.4 Å². The van der Waals surface area contributed by atoms with Crippen LogP contribution in [0.2, 0.25) is 0 Å². The minimum atomic E-state index is -0.112.